The van der Waals surface area contributed by atoms with E-state index in [2.05, 4.69) is 40.2 Å². The van der Waals surface area contributed by atoms with Crippen LogP contribution in [0, 0.1) is 0 Å². The Hall–Kier alpha value is -3.75. The van der Waals surface area contributed by atoms with E-state index < -0.39 is 22.2 Å². The second kappa shape index (κ2) is 12.1. The molecule has 0 atom stereocenters. The summed E-state index contributed by atoms with van der Waals surface area (Å²) in [6.45, 7) is 15.1. The van der Waals surface area contributed by atoms with Gasteiger partial charge in [0, 0.05) is 22.7 Å². The van der Waals surface area contributed by atoms with Crippen LogP contribution < -0.4 is 16.0 Å². The van der Waals surface area contributed by atoms with Crippen LogP contribution in [0.5, 0.6) is 0 Å². The molecule has 1 aliphatic rings. The van der Waals surface area contributed by atoms with E-state index in [9.17, 15) is 19.6 Å². The molecule has 0 bridgehead atoms. The molecule has 1 saturated heterocycles. The van der Waals surface area contributed by atoms with Crippen molar-refractivity contribution in [1.82, 2.24) is 21.0 Å². The summed E-state index contributed by atoms with van der Waals surface area (Å²) in [5, 5.41) is 29.7. The lowest BCUT2D eigenvalue weighted by molar-refractivity contribution is -0.290. The van der Waals surface area contributed by atoms with Crippen LogP contribution in [0.15, 0.2) is 54.6 Å². The number of rotatable bonds is 10. The van der Waals surface area contributed by atoms with Crippen molar-refractivity contribution in [2.45, 2.75) is 122 Å². The van der Waals surface area contributed by atoms with E-state index in [0.29, 0.717) is 44.1 Å². The van der Waals surface area contributed by atoms with E-state index in [1.807, 2.05) is 85.7 Å². The molecule has 0 spiro atoms. The SMILES string of the molecule is CCC(CC)(NC(=O)c1ccc2ccc3cccc4ccc1c2c34)C(=O)NC(CC)(CC)C(=O)NC1CC(C)(C)N([O])C(C)(C)C1. The molecule has 1 radical (unpaired) electrons. The van der Waals surface area contributed by atoms with Crippen molar-refractivity contribution in [1.29, 1.82) is 0 Å². The Morgan fingerprint density at radius 3 is 1.72 bits per heavy atom. The monoisotopic (exact) mass is 625 g/mol. The van der Waals surface area contributed by atoms with E-state index in [-0.39, 0.29) is 23.8 Å². The first-order valence-electron chi connectivity index (χ1n) is 16.8. The summed E-state index contributed by atoms with van der Waals surface area (Å²) >= 11 is 0. The van der Waals surface area contributed by atoms with Crippen LogP contribution in [0.3, 0.4) is 0 Å². The van der Waals surface area contributed by atoms with Crippen molar-refractivity contribution >= 4 is 50.0 Å². The Bertz CT molecular complexity index is 1740. The lowest BCUT2D eigenvalue weighted by atomic mass is 9.78. The molecule has 8 heteroatoms. The first kappa shape index (κ1) is 33.6. The molecular formula is C38H49N4O4. The van der Waals surface area contributed by atoms with Gasteiger partial charge in [0.25, 0.3) is 5.91 Å². The molecule has 8 nitrogen and oxygen atoms in total. The van der Waals surface area contributed by atoms with Crippen LogP contribution >= 0.6 is 0 Å². The van der Waals surface area contributed by atoms with E-state index in [4.69, 9.17) is 0 Å². The molecule has 0 saturated carbocycles. The first-order valence-corrected chi connectivity index (χ1v) is 16.8. The predicted octanol–water partition coefficient (Wildman–Crippen LogP) is 7.03. The second-order valence-corrected chi connectivity index (χ2v) is 14.5. The Labute approximate surface area is 272 Å². The number of hydroxylamine groups is 2. The van der Waals surface area contributed by atoms with Gasteiger partial charge in [0.15, 0.2) is 0 Å². The van der Waals surface area contributed by atoms with Gasteiger partial charge in [-0.05, 0) is 105 Å². The predicted molar refractivity (Wildman–Crippen MR) is 184 cm³/mol. The van der Waals surface area contributed by atoms with Crippen LogP contribution in [0.4, 0.5) is 0 Å². The Balaban J connectivity index is 1.42. The molecule has 0 aliphatic carbocycles. The fourth-order valence-corrected chi connectivity index (χ4v) is 7.85. The highest BCUT2D eigenvalue weighted by Gasteiger charge is 2.49. The van der Waals surface area contributed by atoms with Crippen molar-refractivity contribution in [3.8, 4) is 0 Å². The van der Waals surface area contributed by atoms with Gasteiger partial charge < -0.3 is 16.0 Å². The fourth-order valence-electron chi connectivity index (χ4n) is 7.85. The normalized spacial score (nSPS) is 17.4. The van der Waals surface area contributed by atoms with E-state index >= 15 is 0 Å². The van der Waals surface area contributed by atoms with Gasteiger partial charge in [0.2, 0.25) is 11.8 Å². The summed E-state index contributed by atoms with van der Waals surface area (Å²) < 4.78 is 0. The van der Waals surface area contributed by atoms with E-state index in [0.717, 1.165) is 37.4 Å². The van der Waals surface area contributed by atoms with Crippen molar-refractivity contribution in [2.24, 2.45) is 0 Å². The Kier molecular flexibility index (Phi) is 8.86. The van der Waals surface area contributed by atoms with Gasteiger partial charge in [0.1, 0.15) is 11.1 Å². The van der Waals surface area contributed by atoms with Crippen molar-refractivity contribution in [3.05, 3.63) is 60.2 Å². The van der Waals surface area contributed by atoms with Crippen LogP contribution in [0.25, 0.3) is 32.3 Å². The molecule has 1 heterocycles. The number of carbonyl (C=O) groups excluding carboxylic acids is 3. The average Bonchev–Trinajstić information content (AvgIpc) is 3.03. The number of amides is 3. The minimum atomic E-state index is -1.23. The van der Waals surface area contributed by atoms with Crippen LogP contribution in [-0.2, 0) is 14.8 Å². The lowest BCUT2D eigenvalue weighted by Gasteiger charge is -2.50. The second-order valence-electron chi connectivity index (χ2n) is 14.5. The lowest BCUT2D eigenvalue weighted by Crippen LogP contribution is -2.68. The van der Waals surface area contributed by atoms with Crippen molar-refractivity contribution < 1.29 is 19.6 Å². The quantitative estimate of drug-likeness (QED) is 0.164. The van der Waals surface area contributed by atoms with Gasteiger partial charge in [-0.2, -0.15) is 0 Å². The highest BCUT2D eigenvalue weighted by molar-refractivity contribution is 6.26. The minimum absolute atomic E-state index is 0.214. The first-order chi connectivity index (χ1) is 21.7. The Morgan fingerprint density at radius 2 is 1.17 bits per heavy atom. The molecule has 4 aromatic rings. The van der Waals surface area contributed by atoms with E-state index in [1.54, 1.807) is 0 Å². The fraction of sp³-hybridized carbons (Fsp3) is 0.500. The zero-order valence-corrected chi connectivity index (χ0v) is 28.6. The van der Waals surface area contributed by atoms with Crippen LogP contribution in [-0.4, -0.2) is 51.0 Å². The number of carbonyl (C=O) groups is 3. The summed E-state index contributed by atoms with van der Waals surface area (Å²) in [4.78, 5) is 42.3. The molecule has 46 heavy (non-hydrogen) atoms. The number of nitrogens with zero attached hydrogens (tertiary/aromatic N) is 1. The van der Waals surface area contributed by atoms with Gasteiger partial charge in [-0.3, -0.25) is 14.4 Å². The van der Waals surface area contributed by atoms with Crippen LogP contribution in [0.2, 0.25) is 0 Å². The average molecular weight is 626 g/mol. The molecular weight excluding hydrogens is 576 g/mol. The smallest absolute Gasteiger partial charge is 0.252 e. The third kappa shape index (κ3) is 5.60. The standard InChI is InChI=1S/C38H49N4O4/c1-9-37(10-2,33(44)39-27-22-35(5,6)42(46)36(7,8)23-27)41-34(45)38(11-3,12-4)40-32(43)29-21-19-26-17-16-24-14-13-15-25-18-20-28(29)31(26)30(24)25/h13-21,27H,9-12,22-23H2,1-8H3,(H,39,44)(H,40,43)(H,41,45). The maximum Gasteiger partial charge on any atom is 0.252 e. The van der Waals surface area contributed by atoms with Crippen molar-refractivity contribution in [2.75, 3.05) is 0 Å². The molecule has 1 fully saturated rings. The zero-order valence-electron chi connectivity index (χ0n) is 28.6. The molecule has 245 valence electrons. The highest BCUT2D eigenvalue weighted by atomic mass is 16.5. The molecule has 4 aromatic carbocycles. The highest BCUT2D eigenvalue weighted by Crippen LogP contribution is 2.38. The molecule has 3 N–H and O–H groups in total. The molecule has 3 amide bonds. The number of nitrogens with one attached hydrogen (secondary N) is 3. The van der Waals surface area contributed by atoms with Crippen LogP contribution in [0.1, 0.15) is 104 Å². The number of hydrogen-bond acceptors (Lipinski definition) is 4. The summed E-state index contributed by atoms with van der Waals surface area (Å²) in [5.74, 6) is -0.966. The summed E-state index contributed by atoms with van der Waals surface area (Å²) in [5.41, 5.74) is -3.17. The third-order valence-corrected chi connectivity index (χ3v) is 10.7. The van der Waals surface area contributed by atoms with Gasteiger partial charge in [0.05, 0.1) is 0 Å². The third-order valence-electron chi connectivity index (χ3n) is 10.7. The molecule has 1 aliphatic heterocycles. The van der Waals surface area contributed by atoms with Gasteiger partial charge in [-0.1, -0.05) is 76.2 Å². The largest absolute Gasteiger partial charge is 0.351 e. The number of piperidine rings is 1. The Morgan fingerprint density at radius 1 is 0.696 bits per heavy atom. The molecule has 0 aromatic heterocycles. The zero-order chi connectivity index (χ0) is 33.7. The van der Waals surface area contributed by atoms with Gasteiger partial charge >= 0.3 is 0 Å². The maximum absolute atomic E-state index is 14.3. The number of benzene rings is 4. The molecule has 0 unspecified atom stereocenters. The van der Waals surface area contributed by atoms with Gasteiger partial charge in [-0.15, -0.1) is 10.3 Å². The maximum atomic E-state index is 14.3. The van der Waals surface area contributed by atoms with E-state index in [1.165, 1.54) is 0 Å². The summed E-state index contributed by atoms with van der Waals surface area (Å²) in [6.07, 6.45) is 2.46. The summed E-state index contributed by atoms with van der Waals surface area (Å²) in [6, 6.07) is 18.0. The minimum Gasteiger partial charge on any atom is -0.351 e. The number of hydrogen-bond donors (Lipinski definition) is 3. The summed E-state index contributed by atoms with van der Waals surface area (Å²) in [7, 11) is 0. The van der Waals surface area contributed by atoms with Gasteiger partial charge in [-0.25, -0.2) is 0 Å². The topological polar surface area (TPSA) is 110 Å². The van der Waals surface area contributed by atoms with Crippen molar-refractivity contribution in [3.63, 3.8) is 0 Å². The molecule has 5 rings (SSSR count).